The maximum absolute atomic E-state index is 13.7. The van der Waals surface area contributed by atoms with Crippen LogP contribution in [0.15, 0.2) is 23.0 Å². The molecule has 0 aliphatic carbocycles. The quantitative estimate of drug-likeness (QED) is 0.537. The normalized spacial score (nSPS) is 13.3. The monoisotopic (exact) mass is 430 g/mol. The zero-order valence-electron chi connectivity index (χ0n) is 20.3. The van der Waals surface area contributed by atoms with Crippen LogP contribution in [0.25, 0.3) is 10.8 Å². The molecule has 6 heteroatoms. The van der Waals surface area contributed by atoms with Gasteiger partial charge in [-0.05, 0) is 36.3 Å². The van der Waals surface area contributed by atoms with Crippen molar-refractivity contribution >= 4 is 16.9 Å². The summed E-state index contributed by atoms with van der Waals surface area (Å²) in [6.45, 7) is 17.1. The Morgan fingerprint density at radius 1 is 1.16 bits per heavy atom. The lowest BCUT2D eigenvalue weighted by molar-refractivity contribution is 0.169. The summed E-state index contributed by atoms with van der Waals surface area (Å²) >= 11 is 0. The van der Waals surface area contributed by atoms with Crippen LogP contribution in [-0.2, 0) is 6.54 Å². The number of aryl methyl sites for hydroxylation is 1. The molecule has 0 aliphatic rings. The number of rotatable bonds is 7. The van der Waals surface area contributed by atoms with Crippen LogP contribution < -0.4 is 15.6 Å². The summed E-state index contributed by atoms with van der Waals surface area (Å²) in [6, 6.07) is 5.11. The van der Waals surface area contributed by atoms with Gasteiger partial charge in [0.2, 0.25) is 0 Å². The fraction of sp³-hybridized carbons (Fsp3) is 0.600. The van der Waals surface area contributed by atoms with Crippen LogP contribution in [0.2, 0.25) is 0 Å². The molecule has 1 unspecified atom stereocenters. The Bertz CT molecular complexity index is 994. The van der Waals surface area contributed by atoms with Crippen molar-refractivity contribution in [2.45, 2.75) is 80.8 Å². The van der Waals surface area contributed by atoms with Crippen molar-refractivity contribution in [2.75, 3.05) is 6.61 Å². The van der Waals surface area contributed by atoms with Crippen LogP contribution in [0.5, 0.6) is 5.75 Å². The van der Waals surface area contributed by atoms with Crippen molar-refractivity contribution in [2.24, 2.45) is 10.8 Å². The van der Waals surface area contributed by atoms with Gasteiger partial charge in [0, 0.05) is 11.9 Å². The molecule has 2 N–H and O–H groups in total. The number of carboxylic acid groups (broad SMARTS) is 1. The highest BCUT2D eigenvalue weighted by Gasteiger charge is 2.35. The summed E-state index contributed by atoms with van der Waals surface area (Å²) in [5.74, 6) is 0.602. The highest BCUT2D eigenvalue weighted by Crippen LogP contribution is 2.41. The Morgan fingerprint density at radius 3 is 2.32 bits per heavy atom. The van der Waals surface area contributed by atoms with Gasteiger partial charge in [-0.15, -0.1) is 0 Å². The van der Waals surface area contributed by atoms with Crippen molar-refractivity contribution in [3.63, 3.8) is 0 Å². The average Bonchev–Trinajstić information content (AvgIpc) is 2.61. The second-order valence-corrected chi connectivity index (χ2v) is 10.7. The van der Waals surface area contributed by atoms with Crippen LogP contribution in [-0.4, -0.2) is 22.4 Å². The van der Waals surface area contributed by atoms with Gasteiger partial charge < -0.3 is 19.7 Å². The zero-order valence-corrected chi connectivity index (χ0v) is 20.3. The molecule has 1 aromatic heterocycles. The van der Waals surface area contributed by atoms with Gasteiger partial charge in [-0.2, -0.15) is 0 Å². The Labute approximate surface area is 185 Å². The number of nitrogens with zero attached hydrogens (tertiary/aromatic N) is 1. The van der Waals surface area contributed by atoms with Crippen LogP contribution >= 0.6 is 0 Å². The molecule has 0 radical (unpaired) electrons. The number of benzene rings is 1. The third-order valence-corrected chi connectivity index (χ3v) is 5.20. The molecular formula is C25H38N2O4. The van der Waals surface area contributed by atoms with Crippen LogP contribution in [0.1, 0.15) is 78.6 Å². The number of amides is 1. The van der Waals surface area contributed by atoms with E-state index in [0.717, 1.165) is 23.8 Å². The summed E-state index contributed by atoms with van der Waals surface area (Å²) in [5, 5.41) is 13.6. The Kier molecular flexibility index (Phi) is 7.45. The Morgan fingerprint density at radius 2 is 1.81 bits per heavy atom. The van der Waals surface area contributed by atoms with E-state index in [1.807, 2.05) is 45.9 Å². The predicted octanol–water partition coefficient (Wildman–Crippen LogP) is 5.89. The fourth-order valence-corrected chi connectivity index (χ4v) is 3.75. The van der Waals surface area contributed by atoms with Gasteiger partial charge in [-0.25, -0.2) is 4.79 Å². The molecule has 0 saturated heterocycles. The average molecular weight is 431 g/mol. The maximum atomic E-state index is 13.7. The van der Waals surface area contributed by atoms with E-state index in [1.165, 1.54) is 0 Å². The van der Waals surface area contributed by atoms with E-state index in [1.54, 1.807) is 4.57 Å². The third kappa shape index (κ3) is 6.02. The summed E-state index contributed by atoms with van der Waals surface area (Å²) in [7, 11) is 0. The highest BCUT2D eigenvalue weighted by molar-refractivity contribution is 5.89. The van der Waals surface area contributed by atoms with Gasteiger partial charge in [0.05, 0.1) is 23.7 Å². The van der Waals surface area contributed by atoms with Crippen molar-refractivity contribution < 1.29 is 14.6 Å². The number of carbonyl (C=O) groups is 1. The molecule has 0 bridgehead atoms. The minimum atomic E-state index is -1.13. The van der Waals surface area contributed by atoms with Crippen molar-refractivity contribution in [1.82, 2.24) is 9.88 Å². The molecule has 2 aromatic rings. The van der Waals surface area contributed by atoms with E-state index in [9.17, 15) is 14.7 Å². The van der Waals surface area contributed by atoms with Crippen molar-refractivity contribution in [1.29, 1.82) is 0 Å². The van der Waals surface area contributed by atoms with E-state index in [-0.39, 0.29) is 11.0 Å². The van der Waals surface area contributed by atoms with Gasteiger partial charge in [-0.1, -0.05) is 66.5 Å². The van der Waals surface area contributed by atoms with Crippen molar-refractivity contribution in [3.8, 4) is 5.75 Å². The summed E-state index contributed by atoms with van der Waals surface area (Å²) < 4.78 is 8.05. The van der Waals surface area contributed by atoms with Crippen molar-refractivity contribution in [3.05, 3.63) is 39.8 Å². The molecule has 0 fully saturated rings. The van der Waals surface area contributed by atoms with Gasteiger partial charge in [0.1, 0.15) is 5.75 Å². The number of fused-ring (bicyclic) bond motifs is 1. The molecule has 0 saturated carbocycles. The first-order chi connectivity index (χ1) is 14.3. The predicted molar refractivity (Wildman–Crippen MR) is 126 cm³/mol. The van der Waals surface area contributed by atoms with Gasteiger partial charge in [-0.3, -0.25) is 4.79 Å². The number of aromatic nitrogens is 1. The van der Waals surface area contributed by atoms with Gasteiger partial charge >= 0.3 is 6.09 Å². The topological polar surface area (TPSA) is 80.6 Å². The van der Waals surface area contributed by atoms with Gasteiger partial charge in [0.25, 0.3) is 5.56 Å². The molecule has 1 heterocycles. The molecule has 1 amide bonds. The smallest absolute Gasteiger partial charge is 0.405 e. The van der Waals surface area contributed by atoms with E-state index in [2.05, 4.69) is 33.0 Å². The number of hydrogen-bond acceptors (Lipinski definition) is 3. The first-order valence-corrected chi connectivity index (χ1v) is 11.1. The van der Waals surface area contributed by atoms with Crippen LogP contribution in [0.3, 0.4) is 0 Å². The second-order valence-electron chi connectivity index (χ2n) is 10.7. The third-order valence-electron chi connectivity index (χ3n) is 5.20. The largest absolute Gasteiger partial charge is 0.491 e. The zero-order chi connectivity index (χ0) is 23.6. The highest BCUT2D eigenvalue weighted by atomic mass is 16.5. The van der Waals surface area contributed by atoms with E-state index in [0.29, 0.717) is 30.0 Å². The van der Waals surface area contributed by atoms with Crippen LogP contribution in [0, 0.1) is 17.8 Å². The maximum Gasteiger partial charge on any atom is 0.405 e. The summed E-state index contributed by atoms with van der Waals surface area (Å²) in [4.78, 5) is 25.4. The molecule has 31 heavy (non-hydrogen) atoms. The molecule has 0 spiro atoms. The molecule has 172 valence electrons. The Balaban J connectivity index is 3.00. The standard InChI is InChI=1S/C25H38N2O4/c1-9-10-13-31-20-18-14-16(2)11-12-17(18)22(28)27(15-24(3,4)5)19(20)21(25(6,7)8)26-23(29)30/h11-12,14,21,26H,9-10,13,15H2,1-8H3,(H,29,30). The number of pyridine rings is 1. The van der Waals surface area contributed by atoms with E-state index < -0.39 is 17.6 Å². The number of unbranched alkanes of at least 4 members (excludes halogenated alkanes) is 1. The van der Waals surface area contributed by atoms with Crippen LogP contribution in [0.4, 0.5) is 4.79 Å². The second kappa shape index (κ2) is 9.33. The molecule has 2 rings (SSSR count). The lowest BCUT2D eigenvalue weighted by atomic mass is 9.83. The summed E-state index contributed by atoms with van der Waals surface area (Å²) in [6.07, 6.45) is 0.723. The molecule has 6 nitrogen and oxygen atoms in total. The fourth-order valence-electron chi connectivity index (χ4n) is 3.75. The molecule has 1 aromatic carbocycles. The minimum Gasteiger partial charge on any atom is -0.491 e. The molecule has 1 atom stereocenters. The minimum absolute atomic E-state index is 0.121. The SMILES string of the molecule is CCCCOc1c(C(NC(=O)O)C(C)(C)C)n(CC(C)(C)C)c(=O)c2ccc(C)cc12. The number of ether oxygens (including phenoxy) is 1. The number of hydrogen-bond donors (Lipinski definition) is 2. The lowest BCUT2D eigenvalue weighted by Gasteiger charge is -2.35. The first kappa shape index (κ1) is 24.8. The molecular weight excluding hydrogens is 392 g/mol. The van der Waals surface area contributed by atoms with E-state index in [4.69, 9.17) is 4.74 Å². The number of nitrogens with one attached hydrogen (secondary N) is 1. The van der Waals surface area contributed by atoms with E-state index >= 15 is 0 Å². The summed E-state index contributed by atoms with van der Waals surface area (Å²) in [5.41, 5.74) is 0.826. The first-order valence-electron chi connectivity index (χ1n) is 11.1. The van der Waals surface area contributed by atoms with Gasteiger partial charge in [0.15, 0.2) is 0 Å². The Hall–Kier alpha value is -2.50. The molecule has 0 aliphatic heterocycles. The lowest BCUT2D eigenvalue weighted by Crippen LogP contribution is -2.41.